The SMILES string of the molecule is CC1CCCN1C(C(=O)Nc1ncc(Cc2ccccc2Cl)s1)c1ccccc1. The van der Waals surface area contributed by atoms with Gasteiger partial charge in [0, 0.05) is 28.6 Å². The van der Waals surface area contributed by atoms with Crippen LogP contribution in [0.5, 0.6) is 0 Å². The van der Waals surface area contributed by atoms with E-state index in [1.54, 1.807) is 0 Å². The van der Waals surface area contributed by atoms with Crippen molar-refractivity contribution in [2.24, 2.45) is 0 Å². The molecule has 1 N–H and O–H groups in total. The first-order valence-corrected chi connectivity index (χ1v) is 11.1. The maximum absolute atomic E-state index is 13.3. The fourth-order valence-electron chi connectivity index (χ4n) is 3.92. The molecule has 0 radical (unpaired) electrons. The summed E-state index contributed by atoms with van der Waals surface area (Å²) in [6, 6.07) is 17.9. The zero-order chi connectivity index (χ0) is 20.2. The highest BCUT2D eigenvalue weighted by Crippen LogP contribution is 2.31. The highest BCUT2D eigenvalue weighted by molar-refractivity contribution is 7.15. The van der Waals surface area contributed by atoms with Gasteiger partial charge in [0.15, 0.2) is 5.13 Å². The Bertz CT molecular complexity index is 975. The second-order valence-corrected chi connectivity index (χ2v) is 8.95. The molecule has 1 aromatic heterocycles. The third-order valence-electron chi connectivity index (χ3n) is 5.41. The van der Waals surface area contributed by atoms with Crippen molar-refractivity contribution in [2.75, 3.05) is 11.9 Å². The minimum atomic E-state index is -0.301. The van der Waals surface area contributed by atoms with E-state index < -0.39 is 0 Å². The van der Waals surface area contributed by atoms with E-state index in [1.165, 1.54) is 11.3 Å². The van der Waals surface area contributed by atoms with Gasteiger partial charge in [-0.15, -0.1) is 11.3 Å². The van der Waals surface area contributed by atoms with E-state index in [4.69, 9.17) is 11.6 Å². The number of aromatic nitrogens is 1. The van der Waals surface area contributed by atoms with Crippen LogP contribution >= 0.6 is 22.9 Å². The number of nitrogens with one attached hydrogen (secondary N) is 1. The zero-order valence-electron chi connectivity index (χ0n) is 16.3. The molecule has 2 heterocycles. The first-order chi connectivity index (χ1) is 14.1. The number of halogens is 1. The van der Waals surface area contributed by atoms with Crippen molar-refractivity contribution in [3.8, 4) is 0 Å². The Balaban J connectivity index is 1.51. The third kappa shape index (κ3) is 4.69. The van der Waals surface area contributed by atoms with Gasteiger partial charge in [0.2, 0.25) is 5.91 Å². The lowest BCUT2D eigenvalue weighted by molar-refractivity contribution is -0.121. The standard InChI is InChI=1S/C23H24ClN3OS/c1-16-8-7-13-27(16)21(17-9-3-2-4-10-17)22(28)26-23-25-15-19(29-23)14-18-11-5-6-12-20(18)24/h2-6,9-12,15-16,21H,7-8,13-14H2,1H3,(H,25,26,28). The zero-order valence-corrected chi connectivity index (χ0v) is 17.9. The van der Waals surface area contributed by atoms with Gasteiger partial charge >= 0.3 is 0 Å². The Kier molecular flexibility index (Phi) is 6.28. The lowest BCUT2D eigenvalue weighted by Crippen LogP contribution is -2.39. The predicted molar refractivity (Wildman–Crippen MR) is 120 cm³/mol. The maximum Gasteiger partial charge on any atom is 0.248 e. The van der Waals surface area contributed by atoms with Crippen molar-refractivity contribution in [1.29, 1.82) is 0 Å². The second kappa shape index (κ2) is 9.08. The average molecular weight is 426 g/mol. The Morgan fingerprint density at radius 1 is 1.24 bits per heavy atom. The van der Waals surface area contributed by atoms with Crippen LogP contribution in [-0.2, 0) is 11.2 Å². The number of rotatable bonds is 6. The Labute approximate surface area is 180 Å². The summed E-state index contributed by atoms with van der Waals surface area (Å²) in [6.45, 7) is 3.13. The molecule has 0 aliphatic carbocycles. The van der Waals surface area contributed by atoms with E-state index in [0.29, 0.717) is 17.6 Å². The van der Waals surface area contributed by atoms with Crippen LogP contribution in [0, 0.1) is 0 Å². The van der Waals surface area contributed by atoms with E-state index in [9.17, 15) is 4.79 Å². The molecule has 6 heteroatoms. The molecule has 2 aromatic carbocycles. The van der Waals surface area contributed by atoms with Crippen LogP contribution in [0.25, 0.3) is 0 Å². The molecule has 4 rings (SSSR count). The normalized spacial score (nSPS) is 17.9. The summed E-state index contributed by atoms with van der Waals surface area (Å²) in [5, 5.41) is 4.43. The summed E-state index contributed by atoms with van der Waals surface area (Å²) in [5.41, 5.74) is 2.08. The molecule has 29 heavy (non-hydrogen) atoms. The average Bonchev–Trinajstić information content (AvgIpc) is 3.34. The van der Waals surface area contributed by atoms with Crippen LogP contribution in [0.4, 0.5) is 5.13 Å². The van der Waals surface area contributed by atoms with Crippen molar-refractivity contribution in [1.82, 2.24) is 9.88 Å². The van der Waals surface area contributed by atoms with Gasteiger partial charge in [0.05, 0.1) is 0 Å². The van der Waals surface area contributed by atoms with Crippen LogP contribution in [0.2, 0.25) is 5.02 Å². The smallest absolute Gasteiger partial charge is 0.248 e. The molecule has 1 aliphatic heterocycles. The summed E-state index contributed by atoms with van der Waals surface area (Å²) in [7, 11) is 0. The molecule has 2 atom stereocenters. The minimum absolute atomic E-state index is 0.0245. The first kappa shape index (κ1) is 20.1. The van der Waals surface area contributed by atoms with Crippen molar-refractivity contribution in [2.45, 2.75) is 38.3 Å². The van der Waals surface area contributed by atoms with Crippen LogP contribution in [0.15, 0.2) is 60.8 Å². The van der Waals surface area contributed by atoms with Crippen LogP contribution in [-0.4, -0.2) is 28.4 Å². The van der Waals surface area contributed by atoms with E-state index in [1.807, 2.05) is 60.8 Å². The number of anilines is 1. The second-order valence-electron chi connectivity index (χ2n) is 7.43. The summed E-state index contributed by atoms with van der Waals surface area (Å²) >= 11 is 7.77. The molecule has 1 amide bonds. The highest BCUT2D eigenvalue weighted by Gasteiger charge is 2.34. The Morgan fingerprint density at radius 2 is 2.00 bits per heavy atom. The van der Waals surface area contributed by atoms with E-state index in [2.05, 4.69) is 22.1 Å². The van der Waals surface area contributed by atoms with Crippen molar-refractivity contribution in [3.63, 3.8) is 0 Å². The summed E-state index contributed by atoms with van der Waals surface area (Å²) in [4.78, 5) is 21.1. The first-order valence-electron chi connectivity index (χ1n) is 9.91. The monoisotopic (exact) mass is 425 g/mol. The molecule has 1 fully saturated rings. The molecule has 1 aliphatic rings. The Morgan fingerprint density at radius 3 is 2.72 bits per heavy atom. The predicted octanol–water partition coefficient (Wildman–Crippen LogP) is 5.55. The van der Waals surface area contributed by atoms with Gasteiger partial charge in [-0.05, 0) is 43.5 Å². The molecule has 1 saturated heterocycles. The molecule has 0 bridgehead atoms. The Hall–Kier alpha value is -2.21. The highest BCUT2D eigenvalue weighted by atomic mass is 35.5. The van der Waals surface area contributed by atoms with Gasteiger partial charge in [-0.1, -0.05) is 60.1 Å². The van der Waals surface area contributed by atoms with E-state index in [-0.39, 0.29) is 11.9 Å². The lowest BCUT2D eigenvalue weighted by Gasteiger charge is -2.30. The number of nitrogens with zero attached hydrogens (tertiary/aromatic N) is 2. The molecule has 3 aromatic rings. The van der Waals surface area contributed by atoms with E-state index >= 15 is 0 Å². The lowest BCUT2D eigenvalue weighted by atomic mass is 10.0. The fourth-order valence-corrected chi connectivity index (χ4v) is 4.96. The molecule has 0 spiro atoms. The maximum atomic E-state index is 13.3. The molecule has 2 unspecified atom stereocenters. The van der Waals surface area contributed by atoms with Crippen molar-refractivity contribution >= 4 is 34.0 Å². The number of carbonyl (C=O) groups is 1. The van der Waals surface area contributed by atoms with Gasteiger partial charge in [-0.3, -0.25) is 9.69 Å². The van der Waals surface area contributed by atoms with Crippen LogP contribution in [0.3, 0.4) is 0 Å². The number of carbonyl (C=O) groups excluding carboxylic acids is 1. The van der Waals surface area contributed by atoms with Gasteiger partial charge in [-0.25, -0.2) is 4.98 Å². The van der Waals surface area contributed by atoms with Gasteiger partial charge in [-0.2, -0.15) is 0 Å². The van der Waals surface area contributed by atoms with Gasteiger partial charge < -0.3 is 5.32 Å². The molecule has 150 valence electrons. The molecular weight excluding hydrogens is 402 g/mol. The van der Waals surface area contributed by atoms with E-state index in [0.717, 1.165) is 40.4 Å². The van der Waals surface area contributed by atoms with Crippen molar-refractivity contribution in [3.05, 3.63) is 81.8 Å². The fraction of sp³-hybridized carbons (Fsp3) is 0.304. The number of hydrogen-bond donors (Lipinski definition) is 1. The quantitative estimate of drug-likeness (QED) is 0.563. The van der Waals surface area contributed by atoms with Crippen LogP contribution in [0.1, 0.15) is 41.8 Å². The number of hydrogen-bond acceptors (Lipinski definition) is 4. The van der Waals surface area contributed by atoms with Crippen molar-refractivity contribution < 1.29 is 4.79 Å². The minimum Gasteiger partial charge on any atom is -0.300 e. The summed E-state index contributed by atoms with van der Waals surface area (Å²) in [5.74, 6) is -0.0245. The largest absolute Gasteiger partial charge is 0.300 e. The third-order valence-corrected chi connectivity index (χ3v) is 6.69. The molecular formula is C23H24ClN3OS. The number of thiazole rings is 1. The molecule has 4 nitrogen and oxygen atoms in total. The topological polar surface area (TPSA) is 45.2 Å². The number of benzene rings is 2. The molecule has 0 saturated carbocycles. The van der Waals surface area contributed by atoms with Crippen LogP contribution < -0.4 is 5.32 Å². The summed E-state index contributed by atoms with van der Waals surface area (Å²) < 4.78 is 0. The number of amides is 1. The van der Waals surface area contributed by atoms with Gasteiger partial charge in [0.25, 0.3) is 0 Å². The summed E-state index contributed by atoms with van der Waals surface area (Å²) in [6.07, 6.45) is 4.77. The number of likely N-dealkylation sites (tertiary alicyclic amines) is 1. The van der Waals surface area contributed by atoms with Gasteiger partial charge in [0.1, 0.15) is 6.04 Å².